The molecule has 0 saturated carbocycles. The number of hydrogen-bond donors (Lipinski definition) is 3. The summed E-state index contributed by atoms with van der Waals surface area (Å²) in [6.07, 6.45) is 1.47. The van der Waals surface area contributed by atoms with Gasteiger partial charge in [0.05, 0.1) is 12.1 Å². The largest absolute Gasteiger partial charge is 0.387 e. The molecular weight excluding hydrogens is 276 g/mol. The van der Waals surface area contributed by atoms with Crippen molar-refractivity contribution in [2.24, 2.45) is 0 Å². The average molecular weight is 294 g/mol. The van der Waals surface area contributed by atoms with Crippen LogP contribution in [0, 0.1) is 0 Å². The van der Waals surface area contributed by atoms with Gasteiger partial charge in [-0.05, 0) is 24.4 Å². The first-order chi connectivity index (χ1) is 9.73. The minimum absolute atomic E-state index is 0.486. The summed E-state index contributed by atoms with van der Waals surface area (Å²) in [7, 11) is 0. The first-order valence-electron chi connectivity index (χ1n) is 6.71. The normalized spacial score (nSPS) is 22.4. The van der Waals surface area contributed by atoms with Crippen molar-refractivity contribution in [2.75, 3.05) is 19.6 Å². The molecule has 3 rings (SSSR count). The number of nitrogens with one attached hydrogen (secondary N) is 2. The van der Waals surface area contributed by atoms with Gasteiger partial charge in [-0.15, -0.1) is 11.3 Å². The Kier molecular flexibility index (Phi) is 4.11. The maximum absolute atomic E-state index is 10.2. The van der Waals surface area contributed by atoms with Gasteiger partial charge in [0.25, 0.3) is 0 Å². The van der Waals surface area contributed by atoms with E-state index >= 15 is 0 Å². The monoisotopic (exact) mass is 294 g/mol. The molecule has 1 aliphatic heterocycles. The van der Waals surface area contributed by atoms with E-state index in [9.17, 15) is 5.11 Å². The third kappa shape index (κ3) is 3.43. The first-order valence-corrected chi connectivity index (χ1v) is 7.59. The zero-order valence-corrected chi connectivity index (χ0v) is 11.9. The Morgan fingerprint density at radius 1 is 1.55 bits per heavy atom. The predicted molar refractivity (Wildman–Crippen MR) is 75.6 cm³/mol. The molecule has 108 valence electrons. The maximum Gasteiger partial charge on any atom is 0.240 e. The Hall–Kier alpha value is -1.28. The minimum Gasteiger partial charge on any atom is -0.387 e. The molecule has 0 unspecified atom stereocenters. The zero-order valence-electron chi connectivity index (χ0n) is 11.1. The third-order valence-corrected chi connectivity index (χ3v) is 4.25. The molecule has 0 aromatic carbocycles. The topological polar surface area (TPSA) is 83.2 Å². The number of β-amino-alcohol motifs (C(OH)–C–C–N with tert-alkyl or cyclic N) is 1. The van der Waals surface area contributed by atoms with Crippen LogP contribution in [0.25, 0.3) is 0 Å². The van der Waals surface area contributed by atoms with Crippen LogP contribution in [0.15, 0.2) is 22.0 Å². The van der Waals surface area contributed by atoms with Crippen LogP contribution in [0.4, 0.5) is 0 Å². The standard InChI is InChI=1S/C13H18N4O2S/c18-13(3-4-14-8-13)9-15-7-12-16-11(17-19-12)6-10-2-1-5-20-10/h1-2,5,14-15,18H,3-4,6-9H2/t13-/m0/s1. The van der Waals surface area contributed by atoms with Gasteiger partial charge in [-0.2, -0.15) is 4.98 Å². The fraction of sp³-hybridized carbons (Fsp3) is 0.538. The van der Waals surface area contributed by atoms with Crippen LogP contribution >= 0.6 is 11.3 Å². The van der Waals surface area contributed by atoms with Crippen LogP contribution in [-0.4, -0.2) is 40.5 Å². The molecule has 1 saturated heterocycles. The Bertz CT molecular complexity index is 534. The van der Waals surface area contributed by atoms with Crippen LogP contribution in [0.3, 0.4) is 0 Å². The lowest BCUT2D eigenvalue weighted by Crippen LogP contribution is -2.42. The molecule has 2 aromatic rings. The summed E-state index contributed by atoms with van der Waals surface area (Å²) >= 11 is 1.68. The van der Waals surface area contributed by atoms with E-state index in [4.69, 9.17) is 4.52 Å². The highest BCUT2D eigenvalue weighted by Crippen LogP contribution is 2.14. The number of aliphatic hydroxyl groups is 1. The molecule has 0 spiro atoms. The number of aromatic nitrogens is 2. The van der Waals surface area contributed by atoms with Crippen LogP contribution in [0.5, 0.6) is 0 Å². The Morgan fingerprint density at radius 2 is 2.50 bits per heavy atom. The van der Waals surface area contributed by atoms with Crippen molar-refractivity contribution < 1.29 is 9.63 Å². The van der Waals surface area contributed by atoms with E-state index < -0.39 is 5.60 Å². The smallest absolute Gasteiger partial charge is 0.240 e. The van der Waals surface area contributed by atoms with Gasteiger partial charge in [-0.1, -0.05) is 11.2 Å². The van der Waals surface area contributed by atoms with Crippen molar-refractivity contribution in [1.82, 2.24) is 20.8 Å². The highest BCUT2D eigenvalue weighted by Gasteiger charge is 2.30. The summed E-state index contributed by atoms with van der Waals surface area (Å²) in [4.78, 5) is 5.56. The molecule has 20 heavy (non-hydrogen) atoms. The van der Waals surface area contributed by atoms with Crippen molar-refractivity contribution in [2.45, 2.75) is 25.0 Å². The highest BCUT2D eigenvalue weighted by atomic mass is 32.1. The number of thiophene rings is 1. The molecular formula is C13H18N4O2S. The van der Waals surface area contributed by atoms with Gasteiger partial charge >= 0.3 is 0 Å². The molecule has 3 heterocycles. The molecule has 0 aliphatic carbocycles. The SMILES string of the molecule is O[C@@]1(CNCc2nc(Cc3cccs3)no2)CCNC1. The first kappa shape index (κ1) is 13.7. The third-order valence-electron chi connectivity index (χ3n) is 3.37. The van der Waals surface area contributed by atoms with Crippen molar-refractivity contribution in [3.8, 4) is 0 Å². The lowest BCUT2D eigenvalue weighted by molar-refractivity contribution is 0.0601. The zero-order chi connectivity index (χ0) is 13.8. The van der Waals surface area contributed by atoms with Gasteiger partial charge in [0, 0.05) is 24.4 Å². The van der Waals surface area contributed by atoms with Crippen molar-refractivity contribution in [1.29, 1.82) is 0 Å². The van der Waals surface area contributed by atoms with E-state index in [0.717, 1.165) is 13.0 Å². The van der Waals surface area contributed by atoms with Crippen LogP contribution in [0.1, 0.15) is 23.0 Å². The number of rotatable bonds is 6. The fourth-order valence-electron chi connectivity index (χ4n) is 2.29. The highest BCUT2D eigenvalue weighted by molar-refractivity contribution is 7.09. The lowest BCUT2D eigenvalue weighted by Gasteiger charge is -2.20. The fourth-order valence-corrected chi connectivity index (χ4v) is 2.99. The average Bonchev–Trinajstić information content (AvgIpc) is 3.14. The van der Waals surface area contributed by atoms with Crippen molar-refractivity contribution >= 4 is 11.3 Å². The van der Waals surface area contributed by atoms with Crippen molar-refractivity contribution in [3.63, 3.8) is 0 Å². The summed E-state index contributed by atoms with van der Waals surface area (Å²) in [5, 5.41) is 22.5. The Balaban J connectivity index is 1.47. The molecule has 2 aromatic heterocycles. The molecule has 0 radical (unpaired) electrons. The molecule has 0 bridgehead atoms. The van der Waals surface area contributed by atoms with Crippen molar-refractivity contribution in [3.05, 3.63) is 34.1 Å². The van der Waals surface area contributed by atoms with Gasteiger partial charge in [0.1, 0.15) is 0 Å². The molecule has 7 heteroatoms. The predicted octanol–water partition coefficient (Wildman–Crippen LogP) is 0.536. The second-order valence-electron chi connectivity index (χ2n) is 5.12. The van der Waals surface area contributed by atoms with Gasteiger partial charge in [-0.25, -0.2) is 0 Å². The lowest BCUT2D eigenvalue weighted by atomic mass is 10.0. The number of nitrogens with zero attached hydrogens (tertiary/aromatic N) is 2. The Morgan fingerprint density at radius 3 is 3.25 bits per heavy atom. The maximum atomic E-state index is 10.2. The number of hydrogen-bond acceptors (Lipinski definition) is 7. The van der Waals surface area contributed by atoms with E-state index in [1.54, 1.807) is 11.3 Å². The molecule has 1 atom stereocenters. The van der Waals surface area contributed by atoms with E-state index in [0.29, 0.717) is 37.8 Å². The second kappa shape index (κ2) is 6.01. The van der Waals surface area contributed by atoms with E-state index in [-0.39, 0.29) is 0 Å². The van der Waals surface area contributed by atoms with Crippen LogP contribution in [0.2, 0.25) is 0 Å². The van der Waals surface area contributed by atoms with Gasteiger partial charge in [0.15, 0.2) is 5.82 Å². The molecule has 3 N–H and O–H groups in total. The summed E-state index contributed by atoms with van der Waals surface area (Å²) in [6, 6.07) is 4.07. The minimum atomic E-state index is -0.653. The van der Waals surface area contributed by atoms with Gasteiger partial charge in [-0.3, -0.25) is 0 Å². The van der Waals surface area contributed by atoms with Gasteiger partial charge < -0.3 is 20.3 Å². The Labute approximate surface area is 121 Å². The van der Waals surface area contributed by atoms with Crippen LogP contribution < -0.4 is 10.6 Å². The van der Waals surface area contributed by atoms with E-state index in [1.165, 1.54) is 4.88 Å². The molecule has 1 aliphatic rings. The van der Waals surface area contributed by atoms with Crippen LogP contribution in [-0.2, 0) is 13.0 Å². The molecule has 1 fully saturated rings. The molecule has 0 amide bonds. The van der Waals surface area contributed by atoms with E-state index in [2.05, 4.69) is 26.8 Å². The summed E-state index contributed by atoms with van der Waals surface area (Å²) in [6.45, 7) is 2.51. The second-order valence-corrected chi connectivity index (χ2v) is 6.15. The molecule has 6 nitrogen and oxygen atoms in total. The quantitative estimate of drug-likeness (QED) is 0.721. The van der Waals surface area contributed by atoms with Gasteiger partial charge in [0.2, 0.25) is 5.89 Å². The van der Waals surface area contributed by atoms with E-state index in [1.807, 2.05) is 11.4 Å². The summed E-state index contributed by atoms with van der Waals surface area (Å²) in [5.41, 5.74) is -0.653. The summed E-state index contributed by atoms with van der Waals surface area (Å²) in [5.74, 6) is 1.26. The summed E-state index contributed by atoms with van der Waals surface area (Å²) < 4.78 is 5.19.